The fourth-order valence-electron chi connectivity index (χ4n) is 2.58. The molecule has 1 N–H and O–H groups in total. The first-order valence-electron chi connectivity index (χ1n) is 8.63. The Morgan fingerprint density at radius 1 is 0.966 bits per heavy atom. The summed E-state index contributed by atoms with van der Waals surface area (Å²) in [7, 11) is 1.64. The molecule has 0 bridgehead atoms. The fraction of sp³-hybridized carbons (Fsp3) is 0.100. The van der Waals surface area contributed by atoms with E-state index in [0.29, 0.717) is 26.3 Å². The first kappa shape index (κ1) is 19.8. The fourth-order valence-corrected chi connectivity index (χ4v) is 4.46. The number of hydrogen-bond acceptors (Lipinski definition) is 7. The van der Waals surface area contributed by atoms with Gasteiger partial charge in [-0.1, -0.05) is 29.8 Å². The molecule has 0 aliphatic carbocycles. The lowest BCUT2D eigenvalue weighted by atomic mass is 10.1. The summed E-state index contributed by atoms with van der Waals surface area (Å²) >= 11 is 9.00. The van der Waals surface area contributed by atoms with Gasteiger partial charge in [0, 0.05) is 16.5 Å². The van der Waals surface area contributed by atoms with E-state index in [4.69, 9.17) is 16.3 Å². The van der Waals surface area contributed by atoms with Crippen molar-refractivity contribution in [3.8, 4) is 17.1 Å². The van der Waals surface area contributed by atoms with Crippen molar-refractivity contribution in [1.29, 1.82) is 0 Å². The van der Waals surface area contributed by atoms with E-state index < -0.39 is 0 Å². The highest BCUT2D eigenvalue weighted by molar-refractivity contribution is 7.99. The number of aromatic nitrogens is 5. The quantitative estimate of drug-likeness (QED) is 0.311. The van der Waals surface area contributed by atoms with Gasteiger partial charge in [-0.05, 0) is 66.3 Å². The Kier molecular flexibility index (Phi) is 6.03. The van der Waals surface area contributed by atoms with Crippen molar-refractivity contribution in [2.45, 2.75) is 27.2 Å². The Hall–Kier alpha value is -2.55. The molecule has 0 aliphatic rings. The summed E-state index contributed by atoms with van der Waals surface area (Å²) in [6, 6.07) is 17.5. The second-order valence-electron chi connectivity index (χ2n) is 6.03. The number of benzene rings is 2. The smallest absolute Gasteiger partial charge is 0.194 e. The number of halogens is 1. The highest BCUT2D eigenvalue weighted by Crippen LogP contribution is 2.31. The van der Waals surface area contributed by atoms with Gasteiger partial charge < -0.3 is 4.74 Å². The summed E-state index contributed by atoms with van der Waals surface area (Å²) in [5.74, 6) is 1.36. The highest BCUT2D eigenvalue weighted by Gasteiger charge is 2.12. The largest absolute Gasteiger partial charge is 0.497 e. The second-order valence-corrected chi connectivity index (χ2v) is 8.47. The van der Waals surface area contributed by atoms with Crippen LogP contribution in [0.25, 0.3) is 11.4 Å². The number of rotatable bonds is 6. The van der Waals surface area contributed by atoms with Crippen molar-refractivity contribution >= 4 is 35.1 Å². The lowest BCUT2D eigenvalue weighted by Crippen LogP contribution is -1.90. The van der Waals surface area contributed by atoms with Crippen LogP contribution in [0.2, 0.25) is 5.15 Å². The average molecular weight is 442 g/mol. The van der Waals surface area contributed by atoms with Crippen LogP contribution in [0.4, 0.5) is 0 Å². The van der Waals surface area contributed by atoms with Crippen molar-refractivity contribution in [1.82, 2.24) is 25.1 Å². The van der Waals surface area contributed by atoms with E-state index in [9.17, 15) is 0 Å². The zero-order valence-electron chi connectivity index (χ0n) is 15.6. The van der Waals surface area contributed by atoms with Gasteiger partial charge in [-0.15, -0.1) is 0 Å². The van der Waals surface area contributed by atoms with E-state index in [1.807, 2.05) is 55.5 Å². The Morgan fingerprint density at radius 3 is 2.59 bits per heavy atom. The van der Waals surface area contributed by atoms with Crippen molar-refractivity contribution in [3.63, 3.8) is 0 Å². The summed E-state index contributed by atoms with van der Waals surface area (Å²) in [5, 5.41) is 9.53. The summed E-state index contributed by atoms with van der Waals surface area (Å²) < 4.78 is 5.33. The number of nitrogens with one attached hydrogen (secondary N) is 1. The zero-order valence-corrected chi connectivity index (χ0v) is 18.0. The number of hydrogen-bond donors (Lipinski definition) is 1. The molecule has 0 fully saturated rings. The van der Waals surface area contributed by atoms with Crippen LogP contribution < -0.4 is 4.74 Å². The zero-order chi connectivity index (χ0) is 20.2. The Balaban J connectivity index is 1.55. The standard InChI is InChI=1S/C20H16ClN5OS2/c1-12-8-13(10-14(9-12)27-2)18-24-20(26-25-18)29-17-11-16(21)22-19(23-17)28-15-6-4-3-5-7-15/h3-11H,1-2H3,(H,24,25,26). The van der Waals surface area contributed by atoms with Gasteiger partial charge in [-0.2, -0.15) is 5.10 Å². The maximum Gasteiger partial charge on any atom is 0.194 e. The molecule has 0 saturated carbocycles. The predicted molar refractivity (Wildman–Crippen MR) is 115 cm³/mol. The average Bonchev–Trinajstić information content (AvgIpc) is 3.16. The van der Waals surface area contributed by atoms with Crippen molar-refractivity contribution in [2.24, 2.45) is 0 Å². The lowest BCUT2D eigenvalue weighted by Gasteiger charge is -2.04. The van der Waals surface area contributed by atoms with E-state index >= 15 is 0 Å². The third-order valence-electron chi connectivity index (χ3n) is 3.81. The van der Waals surface area contributed by atoms with E-state index in [-0.39, 0.29) is 0 Å². The minimum absolute atomic E-state index is 0.379. The number of aromatic amines is 1. The molecule has 6 nitrogen and oxygen atoms in total. The molecule has 4 aromatic rings. The molecule has 146 valence electrons. The molecule has 0 amide bonds. The topological polar surface area (TPSA) is 76.6 Å². The van der Waals surface area contributed by atoms with Gasteiger partial charge in [0.2, 0.25) is 0 Å². The van der Waals surface area contributed by atoms with Crippen LogP contribution in [0.15, 0.2) is 74.8 Å². The van der Waals surface area contributed by atoms with Crippen LogP contribution in [0.3, 0.4) is 0 Å². The molecular formula is C20H16ClN5OS2. The van der Waals surface area contributed by atoms with Crippen LogP contribution in [0, 0.1) is 6.92 Å². The van der Waals surface area contributed by atoms with Gasteiger partial charge in [0.25, 0.3) is 0 Å². The van der Waals surface area contributed by atoms with Crippen LogP contribution in [0.1, 0.15) is 5.56 Å². The molecule has 2 heterocycles. The van der Waals surface area contributed by atoms with Crippen LogP contribution >= 0.6 is 35.1 Å². The maximum absolute atomic E-state index is 6.20. The monoisotopic (exact) mass is 441 g/mol. The number of nitrogens with zero attached hydrogens (tertiary/aromatic N) is 4. The first-order valence-corrected chi connectivity index (χ1v) is 10.6. The minimum Gasteiger partial charge on any atom is -0.497 e. The van der Waals surface area contributed by atoms with Crippen molar-refractivity contribution in [2.75, 3.05) is 7.11 Å². The molecule has 0 unspecified atom stereocenters. The number of H-pyrrole nitrogens is 1. The van der Waals surface area contributed by atoms with E-state index in [1.165, 1.54) is 23.5 Å². The summed E-state index contributed by atoms with van der Waals surface area (Å²) in [4.78, 5) is 14.5. The SMILES string of the molecule is COc1cc(C)cc(-c2n[nH]c(Sc3cc(Cl)nc(Sc4ccccc4)n3)n2)c1. The molecule has 0 atom stereocenters. The molecule has 2 aromatic carbocycles. The van der Waals surface area contributed by atoms with Crippen LogP contribution in [-0.2, 0) is 0 Å². The number of aryl methyl sites for hydroxylation is 1. The van der Waals surface area contributed by atoms with Gasteiger partial charge in [0.15, 0.2) is 16.1 Å². The molecule has 0 spiro atoms. The maximum atomic E-state index is 6.20. The molecule has 0 radical (unpaired) electrons. The molecule has 29 heavy (non-hydrogen) atoms. The van der Waals surface area contributed by atoms with E-state index in [2.05, 4.69) is 25.1 Å². The number of ether oxygens (including phenoxy) is 1. The van der Waals surface area contributed by atoms with Gasteiger partial charge in [-0.3, -0.25) is 5.10 Å². The summed E-state index contributed by atoms with van der Waals surface area (Å²) in [5.41, 5.74) is 1.95. The highest BCUT2D eigenvalue weighted by atomic mass is 35.5. The van der Waals surface area contributed by atoms with Gasteiger partial charge >= 0.3 is 0 Å². The molecular weight excluding hydrogens is 426 g/mol. The molecule has 9 heteroatoms. The predicted octanol–water partition coefficient (Wildman–Crippen LogP) is 5.53. The Morgan fingerprint density at radius 2 is 1.79 bits per heavy atom. The summed E-state index contributed by atoms with van der Waals surface area (Å²) in [6.45, 7) is 2.00. The normalized spacial score (nSPS) is 10.9. The third kappa shape index (κ3) is 5.09. The first-order chi connectivity index (χ1) is 14.1. The van der Waals surface area contributed by atoms with Crippen LogP contribution in [0.5, 0.6) is 5.75 Å². The van der Waals surface area contributed by atoms with Gasteiger partial charge in [0.05, 0.1) is 7.11 Å². The number of methoxy groups -OCH3 is 1. The van der Waals surface area contributed by atoms with Gasteiger partial charge in [0.1, 0.15) is 15.9 Å². The van der Waals surface area contributed by atoms with E-state index in [1.54, 1.807) is 13.2 Å². The summed E-state index contributed by atoms with van der Waals surface area (Å²) in [6.07, 6.45) is 0. The Bertz CT molecular complexity index is 1140. The third-order valence-corrected chi connectivity index (χ3v) is 5.67. The molecule has 0 saturated heterocycles. The second kappa shape index (κ2) is 8.86. The molecule has 2 aromatic heterocycles. The molecule has 0 aliphatic heterocycles. The van der Waals surface area contributed by atoms with Crippen molar-refractivity contribution in [3.05, 3.63) is 65.3 Å². The van der Waals surface area contributed by atoms with E-state index in [0.717, 1.165) is 21.8 Å². The minimum atomic E-state index is 0.379. The lowest BCUT2D eigenvalue weighted by molar-refractivity contribution is 0.414. The van der Waals surface area contributed by atoms with Crippen molar-refractivity contribution < 1.29 is 4.74 Å². The molecule has 4 rings (SSSR count). The van der Waals surface area contributed by atoms with Crippen LogP contribution in [-0.4, -0.2) is 32.3 Å². The Labute approximate surface area is 181 Å². The van der Waals surface area contributed by atoms with Gasteiger partial charge in [-0.25, -0.2) is 15.0 Å².